The molecule has 5 heteroatoms. The van der Waals surface area contributed by atoms with Crippen molar-refractivity contribution in [3.63, 3.8) is 0 Å². The van der Waals surface area contributed by atoms with E-state index < -0.39 is 0 Å². The van der Waals surface area contributed by atoms with Gasteiger partial charge in [0, 0.05) is 25.9 Å². The van der Waals surface area contributed by atoms with Crippen LogP contribution in [0.25, 0.3) is 0 Å². The molecule has 0 spiro atoms. The van der Waals surface area contributed by atoms with E-state index in [0.717, 1.165) is 24.9 Å². The first-order chi connectivity index (χ1) is 10.1. The summed E-state index contributed by atoms with van der Waals surface area (Å²) in [6.45, 7) is 2.40. The van der Waals surface area contributed by atoms with Crippen molar-refractivity contribution in [2.75, 3.05) is 25.1 Å². The first-order valence-electron chi connectivity index (χ1n) is 7.32. The Morgan fingerprint density at radius 1 is 1.33 bits per heavy atom. The lowest BCUT2D eigenvalue weighted by molar-refractivity contribution is -0.127. The first kappa shape index (κ1) is 15.4. The van der Waals surface area contributed by atoms with Crippen LogP contribution >= 0.6 is 0 Å². The number of hydrogen-bond acceptors (Lipinski definition) is 3. The van der Waals surface area contributed by atoms with Gasteiger partial charge in [-0.15, -0.1) is 0 Å². The maximum atomic E-state index is 11.8. The highest BCUT2D eigenvalue weighted by Gasteiger charge is 2.25. The average molecular weight is 290 g/mol. The van der Waals surface area contributed by atoms with Crippen molar-refractivity contribution in [2.24, 2.45) is 5.92 Å². The molecule has 2 rings (SSSR count). The predicted octanol–water partition coefficient (Wildman–Crippen LogP) is 1.96. The Labute approximate surface area is 125 Å². The summed E-state index contributed by atoms with van der Waals surface area (Å²) >= 11 is 0. The fraction of sp³-hybridized carbons (Fsp3) is 0.500. The zero-order valence-corrected chi connectivity index (χ0v) is 12.6. The zero-order valence-electron chi connectivity index (χ0n) is 12.6. The molecule has 1 aliphatic rings. The number of rotatable bonds is 6. The summed E-state index contributed by atoms with van der Waals surface area (Å²) < 4.78 is 5.29. The van der Waals surface area contributed by atoms with Gasteiger partial charge in [-0.25, -0.2) is 0 Å². The van der Waals surface area contributed by atoms with Gasteiger partial charge in [0.15, 0.2) is 0 Å². The summed E-state index contributed by atoms with van der Waals surface area (Å²) in [6.07, 6.45) is 3.10. The van der Waals surface area contributed by atoms with Crippen LogP contribution in [0.5, 0.6) is 5.75 Å². The van der Waals surface area contributed by atoms with E-state index in [0.29, 0.717) is 18.8 Å². The highest BCUT2D eigenvalue weighted by atomic mass is 16.5. The minimum atomic E-state index is -0.0719. The molecule has 2 amide bonds. The van der Waals surface area contributed by atoms with Crippen LogP contribution in [-0.4, -0.2) is 32.0 Å². The number of methoxy groups -OCH3 is 1. The van der Waals surface area contributed by atoms with Crippen molar-refractivity contribution < 1.29 is 14.3 Å². The number of nitrogens with one attached hydrogen (secondary N) is 1. The molecule has 5 nitrogen and oxygen atoms in total. The van der Waals surface area contributed by atoms with Crippen LogP contribution < -0.4 is 15.0 Å². The minimum Gasteiger partial charge on any atom is -0.495 e. The summed E-state index contributed by atoms with van der Waals surface area (Å²) in [7, 11) is 1.58. The number of anilines is 1. The molecule has 0 radical (unpaired) electrons. The van der Waals surface area contributed by atoms with Gasteiger partial charge in [0.1, 0.15) is 5.75 Å². The highest BCUT2D eigenvalue weighted by Crippen LogP contribution is 2.28. The molecule has 1 saturated carbocycles. The van der Waals surface area contributed by atoms with Gasteiger partial charge in [0.05, 0.1) is 12.8 Å². The SMILES string of the molecule is COc1ccccc1N(CCNC(=O)C1CCC1)C(C)=O. The molecular formula is C16H22N2O3. The number of ether oxygens (including phenoxy) is 1. The number of amides is 2. The van der Waals surface area contributed by atoms with Crippen LogP contribution in [0.3, 0.4) is 0 Å². The molecule has 1 aromatic rings. The molecule has 0 aliphatic heterocycles. The molecule has 1 aromatic carbocycles. The summed E-state index contributed by atoms with van der Waals surface area (Å²) in [5, 5.41) is 2.90. The van der Waals surface area contributed by atoms with E-state index >= 15 is 0 Å². The third-order valence-corrected chi connectivity index (χ3v) is 3.87. The molecule has 1 aliphatic carbocycles. The standard InChI is InChI=1S/C16H22N2O3/c1-12(19)18(14-8-3-4-9-15(14)21-2)11-10-17-16(20)13-6-5-7-13/h3-4,8-9,13H,5-7,10-11H2,1-2H3,(H,17,20). The normalized spacial score (nSPS) is 14.2. The Hall–Kier alpha value is -2.04. The van der Waals surface area contributed by atoms with Crippen molar-refractivity contribution >= 4 is 17.5 Å². The molecule has 0 saturated heterocycles. The topological polar surface area (TPSA) is 58.6 Å². The van der Waals surface area contributed by atoms with E-state index in [2.05, 4.69) is 5.32 Å². The van der Waals surface area contributed by atoms with Crippen LogP contribution in [0.1, 0.15) is 26.2 Å². The van der Waals surface area contributed by atoms with Gasteiger partial charge in [0.25, 0.3) is 0 Å². The lowest BCUT2D eigenvalue weighted by atomic mass is 9.85. The van der Waals surface area contributed by atoms with Crippen LogP contribution in [-0.2, 0) is 9.59 Å². The molecule has 0 unspecified atom stereocenters. The van der Waals surface area contributed by atoms with Gasteiger partial charge in [-0.2, -0.15) is 0 Å². The summed E-state index contributed by atoms with van der Waals surface area (Å²) in [4.78, 5) is 25.3. The summed E-state index contributed by atoms with van der Waals surface area (Å²) in [6, 6.07) is 7.38. The molecule has 0 heterocycles. The van der Waals surface area contributed by atoms with Crippen molar-refractivity contribution in [3.05, 3.63) is 24.3 Å². The molecular weight excluding hydrogens is 268 g/mol. The van der Waals surface area contributed by atoms with E-state index in [1.807, 2.05) is 24.3 Å². The predicted molar refractivity (Wildman–Crippen MR) is 81.4 cm³/mol. The van der Waals surface area contributed by atoms with Gasteiger partial charge in [-0.1, -0.05) is 18.6 Å². The fourth-order valence-corrected chi connectivity index (χ4v) is 2.41. The zero-order chi connectivity index (χ0) is 15.2. The van der Waals surface area contributed by atoms with E-state index in [-0.39, 0.29) is 17.7 Å². The number of hydrogen-bond donors (Lipinski definition) is 1. The third kappa shape index (κ3) is 3.74. The largest absolute Gasteiger partial charge is 0.495 e. The Balaban J connectivity index is 1.95. The highest BCUT2D eigenvalue weighted by molar-refractivity contribution is 5.93. The Morgan fingerprint density at radius 3 is 2.62 bits per heavy atom. The lowest BCUT2D eigenvalue weighted by Crippen LogP contribution is -2.41. The Kier molecular flexibility index (Phi) is 5.20. The van der Waals surface area contributed by atoms with E-state index in [1.165, 1.54) is 6.92 Å². The molecule has 21 heavy (non-hydrogen) atoms. The number of para-hydroxylation sites is 2. The smallest absolute Gasteiger partial charge is 0.224 e. The van der Waals surface area contributed by atoms with Crippen molar-refractivity contribution in [1.29, 1.82) is 0 Å². The third-order valence-electron chi connectivity index (χ3n) is 3.87. The van der Waals surface area contributed by atoms with Crippen LogP contribution in [0.2, 0.25) is 0 Å². The minimum absolute atomic E-state index is 0.0719. The molecule has 0 atom stereocenters. The average Bonchev–Trinajstić information content (AvgIpc) is 2.41. The van der Waals surface area contributed by atoms with Crippen LogP contribution in [0.4, 0.5) is 5.69 Å². The maximum Gasteiger partial charge on any atom is 0.224 e. The molecule has 0 bridgehead atoms. The number of carbonyl (C=O) groups excluding carboxylic acids is 2. The van der Waals surface area contributed by atoms with E-state index in [9.17, 15) is 9.59 Å². The number of nitrogens with zero attached hydrogens (tertiary/aromatic N) is 1. The second kappa shape index (κ2) is 7.11. The maximum absolute atomic E-state index is 11.8. The number of carbonyl (C=O) groups is 2. The van der Waals surface area contributed by atoms with Crippen molar-refractivity contribution in [3.8, 4) is 5.75 Å². The van der Waals surface area contributed by atoms with Crippen LogP contribution in [0.15, 0.2) is 24.3 Å². The van der Waals surface area contributed by atoms with Crippen LogP contribution in [0, 0.1) is 5.92 Å². The quantitative estimate of drug-likeness (QED) is 0.871. The van der Waals surface area contributed by atoms with Crippen molar-refractivity contribution in [1.82, 2.24) is 5.32 Å². The van der Waals surface area contributed by atoms with Gasteiger partial charge < -0.3 is 15.0 Å². The van der Waals surface area contributed by atoms with Crippen molar-refractivity contribution in [2.45, 2.75) is 26.2 Å². The summed E-state index contributed by atoms with van der Waals surface area (Å²) in [5.41, 5.74) is 0.727. The first-order valence-corrected chi connectivity index (χ1v) is 7.32. The molecule has 1 fully saturated rings. The lowest BCUT2D eigenvalue weighted by Gasteiger charge is -2.26. The fourth-order valence-electron chi connectivity index (χ4n) is 2.41. The van der Waals surface area contributed by atoms with Gasteiger partial charge in [-0.05, 0) is 25.0 Å². The van der Waals surface area contributed by atoms with Gasteiger partial charge in [0.2, 0.25) is 11.8 Å². The van der Waals surface area contributed by atoms with Gasteiger partial charge >= 0.3 is 0 Å². The second-order valence-corrected chi connectivity index (χ2v) is 5.26. The monoisotopic (exact) mass is 290 g/mol. The molecule has 0 aromatic heterocycles. The molecule has 1 N–H and O–H groups in total. The van der Waals surface area contributed by atoms with E-state index in [1.54, 1.807) is 12.0 Å². The second-order valence-electron chi connectivity index (χ2n) is 5.26. The molecule has 114 valence electrons. The Morgan fingerprint density at radius 2 is 2.05 bits per heavy atom. The summed E-state index contributed by atoms with van der Waals surface area (Å²) in [5.74, 6) is 0.849. The van der Waals surface area contributed by atoms with E-state index in [4.69, 9.17) is 4.74 Å². The number of benzene rings is 1. The Bertz CT molecular complexity index is 512. The van der Waals surface area contributed by atoms with Gasteiger partial charge in [-0.3, -0.25) is 9.59 Å².